The van der Waals surface area contributed by atoms with E-state index < -0.39 is 0 Å². The second kappa shape index (κ2) is 7.51. The lowest BCUT2D eigenvalue weighted by Gasteiger charge is -2.37. The molecule has 0 radical (unpaired) electrons. The Bertz CT molecular complexity index is 474. The first-order valence-electron chi connectivity index (χ1n) is 7.55. The normalized spacial score (nSPS) is 16.3. The third-order valence-electron chi connectivity index (χ3n) is 3.60. The smallest absolute Gasteiger partial charge is 0.321 e. The Morgan fingerprint density at radius 2 is 2.14 bits per heavy atom. The predicted molar refractivity (Wildman–Crippen MR) is 84.7 cm³/mol. The number of ether oxygens (including phenoxy) is 1. The molecule has 1 fully saturated rings. The lowest BCUT2D eigenvalue weighted by atomic mass is 9.92. The molecule has 1 aliphatic heterocycles. The first kappa shape index (κ1) is 16.6. The number of carbonyl (C=O) groups is 1. The van der Waals surface area contributed by atoms with Crippen LogP contribution in [0, 0.1) is 5.41 Å². The minimum atomic E-state index is -0.136. The molecule has 0 bridgehead atoms. The molecule has 7 heteroatoms. The summed E-state index contributed by atoms with van der Waals surface area (Å²) >= 11 is 0. The van der Waals surface area contributed by atoms with Crippen molar-refractivity contribution < 1.29 is 9.53 Å². The van der Waals surface area contributed by atoms with Crippen LogP contribution in [0.3, 0.4) is 0 Å². The number of nitrogens with one attached hydrogen (secondary N) is 1. The standard InChI is InChI=1S/C15H25N5O2/c1-15(2,12-20-6-8-22-9-7-20)11-19(3)14(21)18-13-4-5-16-17-10-13/h4-5,10H,6-9,11-12H2,1-3H3,(H,16,18,21). The monoisotopic (exact) mass is 307 g/mol. The van der Waals surface area contributed by atoms with E-state index in [1.807, 2.05) is 7.05 Å². The maximum absolute atomic E-state index is 12.2. The van der Waals surface area contributed by atoms with Crippen LogP contribution in [0.2, 0.25) is 0 Å². The van der Waals surface area contributed by atoms with Crippen LogP contribution in [-0.4, -0.2) is 72.5 Å². The molecule has 1 aliphatic rings. The van der Waals surface area contributed by atoms with Gasteiger partial charge in [-0.3, -0.25) is 4.90 Å². The van der Waals surface area contributed by atoms with Gasteiger partial charge in [0.1, 0.15) is 0 Å². The molecule has 2 amide bonds. The van der Waals surface area contributed by atoms with Gasteiger partial charge in [0.15, 0.2) is 0 Å². The fourth-order valence-electron chi connectivity index (χ4n) is 2.71. The number of morpholine rings is 1. The minimum Gasteiger partial charge on any atom is -0.379 e. The largest absolute Gasteiger partial charge is 0.379 e. The number of carbonyl (C=O) groups excluding carboxylic acids is 1. The number of rotatable bonds is 5. The van der Waals surface area contributed by atoms with Gasteiger partial charge in [0.25, 0.3) is 0 Å². The molecular formula is C15H25N5O2. The number of nitrogens with zero attached hydrogens (tertiary/aromatic N) is 4. The van der Waals surface area contributed by atoms with Crippen molar-refractivity contribution in [1.29, 1.82) is 0 Å². The summed E-state index contributed by atoms with van der Waals surface area (Å²) in [5.74, 6) is 0. The summed E-state index contributed by atoms with van der Waals surface area (Å²) in [4.78, 5) is 16.3. The lowest BCUT2D eigenvalue weighted by molar-refractivity contribution is 0.0182. The summed E-state index contributed by atoms with van der Waals surface area (Å²) in [6.45, 7) is 9.49. The van der Waals surface area contributed by atoms with Crippen LogP contribution in [0.4, 0.5) is 10.5 Å². The summed E-state index contributed by atoms with van der Waals surface area (Å²) in [6, 6.07) is 1.58. The SMILES string of the molecule is CN(CC(C)(C)CN1CCOCC1)C(=O)Nc1ccnnc1. The van der Waals surface area contributed by atoms with Crippen molar-refractivity contribution >= 4 is 11.7 Å². The maximum Gasteiger partial charge on any atom is 0.321 e. The molecule has 2 rings (SSSR count). The summed E-state index contributed by atoms with van der Waals surface area (Å²) in [6.07, 6.45) is 3.09. The Balaban J connectivity index is 1.83. The third-order valence-corrected chi connectivity index (χ3v) is 3.60. The molecule has 0 aromatic carbocycles. The van der Waals surface area contributed by atoms with Crippen LogP contribution in [0.25, 0.3) is 0 Å². The van der Waals surface area contributed by atoms with Gasteiger partial charge in [-0.15, -0.1) is 0 Å². The van der Waals surface area contributed by atoms with Crippen LogP contribution < -0.4 is 5.32 Å². The summed E-state index contributed by atoms with van der Waals surface area (Å²) in [5.41, 5.74) is 0.665. The molecule has 7 nitrogen and oxygen atoms in total. The summed E-state index contributed by atoms with van der Waals surface area (Å²) in [7, 11) is 1.81. The minimum absolute atomic E-state index is 0.0138. The van der Waals surface area contributed by atoms with Crippen molar-refractivity contribution in [2.75, 3.05) is 51.8 Å². The number of hydrogen-bond acceptors (Lipinski definition) is 5. The van der Waals surface area contributed by atoms with E-state index >= 15 is 0 Å². The highest BCUT2D eigenvalue weighted by atomic mass is 16.5. The molecule has 1 saturated heterocycles. The number of urea groups is 1. The van der Waals surface area contributed by atoms with E-state index in [-0.39, 0.29) is 11.4 Å². The van der Waals surface area contributed by atoms with E-state index in [1.54, 1.807) is 17.2 Å². The maximum atomic E-state index is 12.2. The lowest BCUT2D eigenvalue weighted by Crippen LogP contribution is -2.47. The van der Waals surface area contributed by atoms with Crippen molar-refractivity contribution in [2.24, 2.45) is 5.41 Å². The molecule has 122 valence electrons. The second-order valence-electron chi connectivity index (χ2n) is 6.47. The van der Waals surface area contributed by atoms with E-state index in [4.69, 9.17) is 4.74 Å². The molecule has 1 aromatic heterocycles. The molecule has 1 N–H and O–H groups in total. The van der Waals surface area contributed by atoms with Gasteiger partial charge in [-0.2, -0.15) is 10.2 Å². The zero-order valence-electron chi connectivity index (χ0n) is 13.6. The molecule has 0 atom stereocenters. The zero-order valence-corrected chi connectivity index (χ0v) is 13.6. The van der Waals surface area contributed by atoms with E-state index in [1.165, 1.54) is 6.20 Å². The fraction of sp³-hybridized carbons (Fsp3) is 0.667. The van der Waals surface area contributed by atoms with Crippen LogP contribution >= 0.6 is 0 Å². The highest BCUT2D eigenvalue weighted by Crippen LogP contribution is 2.19. The first-order valence-corrected chi connectivity index (χ1v) is 7.55. The van der Waals surface area contributed by atoms with Gasteiger partial charge >= 0.3 is 6.03 Å². The summed E-state index contributed by atoms with van der Waals surface area (Å²) in [5, 5.41) is 10.3. The number of anilines is 1. The Kier molecular flexibility index (Phi) is 5.68. The van der Waals surface area contributed by atoms with Crippen molar-refractivity contribution in [3.8, 4) is 0 Å². The number of aromatic nitrogens is 2. The van der Waals surface area contributed by atoms with Crippen molar-refractivity contribution in [3.05, 3.63) is 18.5 Å². The molecule has 0 unspecified atom stereocenters. The quantitative estimate of drug-likeness (QED) is 0.888. The topological polar surface area (TPSA) is 70.6 Å². The van der Waals surface area contributed by atoms with E-state index in [0.29, 0.717) is 12.2 Å². The number of hydrogen-bond donors (Lipinski definition) is 1. The van der Waals surface area contributed by atoms with Crippen LogP contribution in [0.1, 0.15) is 13.8 Å². The van der Waals surface area contributed by atoms with E-state index in [9.17, 15) is 4.79 Å². The highest BCUT2D eigenvalue weighted by Gasteiger charge is 2.26. The first-order chi connectivity index (χ1) is 10.5. The van der Waals surface area contributed by atoms with Crippen LogP contribution in [0.5, 0.6) is 0 Å². The van der Waals surface area contributed by atoms with Gasteiger partial charge in [-0.05, 0) is 11.5 Å². The van der Waals surface area contributed by atoms with Gasteiger partial charge in [0, 0.05) is 33.2 Å². The second-order valence-corrected chi connectivity index (χ2v) is 6.47. The molecule has 1 aromatic rings. The Hall–Kier alpha value is -1.73. The molecule has 0 saturated carbocycles. The van der Waals surface area contributed by atoms with Crippen molar-refractivity contribution in [2.45, 2.75) is 13.8 Å². The van der Waals surface area contributed by atoms with Gasteiger partial charge < -0.3 is 15.0 Å². The Morgan fingerprint density at radius 3 is 2.77 bits per heavy atom. The van der Waals surface area contributed by atoms with E-state index in [2.05, 4.69) is 34.3 Å². The molecule has 0 aliphatic carbocycles. The van der Waals surface area contributed by atoms with Gasteiger partial charge in [0.2, 0.25) is 0 Å². The van der Waals surface area contributed by atoms with Gasteiger partial charge in [0.05, 0.1) is 31.3 Å². The Morgan fingerprint density at radius 1 is 1.41 bits per heavy atom. The zero-order chi connectivity index (χ0) is 16.0. The molecule has 0 spiro atoms. The molecule has 22 heavy (non-hydrogen) atoms. The van der Waals surface area contributed by atoms with Gasteiger partial charge in [-0.25, -0.2) is 4.79 Å². The van der Waals surface area contributed by atoms with Crippen LogP contribution in [0.15, 0.2) is 18.5 Å². The molecule has 2 heterocycles. The van der Waals surface area contributed by atoms with Gasteiger partial charge in [-0.1, -0.05) is 13.8 Å². The predicted octanol–water partition coefficient (Wildman–Crippen LogP) is 1.30. The average Bonchev–Trinajstić information content (AvgIpc) is 2.48. The average molecular weight is 307 g/mol. The highest BCUT2D eigenvalue weighted by molar-refractivity contribution is 5.88. The van der Waals surface area contributed by atoms with E-state index in [0.717, 1.165) is 32.8 Å². The third kappa shape index (κ3) is 5.23. The fourth-order valence-corrected chi connectivity index (χ4v) is 2.71. The summed E-state index contributed by atoms with van der Waals surface area (Å²) < 4.78 is 5.37. The molecular weight excluding hydrogens is 282 g/mol. The number of amides is 2. The van der Waals surface area contributed by atoms with Crippen molar-refractivity contribution in [3.63, 3.8) is 0 Å². The Labute approximate surface area is 131 Å². The van der Waals surface area contributed by atoms with Crippen LogP contribution in [-0.2, 0) is 4.74 Å². The van der Waals surface area contributed by atoms with Crippen molar-refractivity contribution in [1.82, 2.24) is 20.0 Å².